The zero-order chi connectivity index (χ0) is 94.3. The molecule has 0 saturated heterocycles. The molecule has 0 heterocycles. The minimum Gasteiger partial charge on any atom is -0.0599 e. The van der Waals surface area contributed by atoms with E-state index in [1.165, 1.54) is 180 Å². The molecule has 20 fully saturated rings. The van der Waals surface area contributed by atoms with Crippen LogP contribution < -0.4 is 0 Å². The van der Waals surface area contributed by atoms with Gasteiger partial charge in [-0.3, -0.25) is 0 Å². The van der Waals surface area contributed by atoms with Crippen LogP contribution in [0.15, 0.2) is 0 Å². The van der Waals surface area contributed by atoms with Gasteiger partial charge in [0.25, 0.3) is 0 Å². The number of fused-ring (bicyclic) bond motifs is 18. The van der Waals surface area contributed by atoms with Gasteiger partial charge in [0.2, 0.25) is 0 Å². The maximum atomic E-state index is 2.46. The zero-order valence-electron chi connectivity index (χ0n) is 94.3. The van der Waals surface area contributed by atoms with Gasteiger partial charge in [0, 0.05) is 0 Å². The number of hydrogen-bond donors (Lipinski definition) is 0. The normalized spacial score (nSPS) is 40.6. The monoisotopic (exact) mass is 1720 g/mol. The van der Waals surface area contributed by atoms with Crippen LogP contribution in [0.4, 0.5) is 0 Å². The molecule has 0 nitrogen and oxygen atoms in total. The lowest BCUT2D eigenvalue weighted by molar-refractivity contribution is -0.101. The molecule has 20 saturated carbocycles. The van der Waals surface area contributed by atoms with E-state index in [2.05, 4.69) is 332 Å². The Morgan fingerprint density at radius 1 is 0.0968 bits per heavy atom. The predicted octanol–water partition coefficient (Wildman–Crippen LogP) is 39.5. The summed E-state index contributed by atoms with van der Waals surface area (Å²) in [5.74, 6) is 32.5. The molecule has 0 radical (unpaired) electrons. The average Bonchev–Trinajstić information content (AvgIpc) is 1.18. The van der Waals surface area contributed by atoms with Crippen LogP contribution in [0.25, 0.3) is 0 Å². The highest BCUT2D eigenvalue weighted by molar-refractivity contribution is 5.09. The molecule has 20 aliphatic rings. The predicted molar refractivity (Wildman–Crippen MR) is 552 cm³/mol. The molecular weight excluding hydrogens is 1490 g/mol. The Balaban J connectivity index is 0.000000161. The van der Waals surface area contributed by atoms with Crippen molar-refractivity contribution >= 4 is 0 Å². The first-order chi connectivity index (χ1) is 55.5. The topological polar surface area (TPSA) is 0 Å². The average molecular weight is 1720 g/mol. The third-order valence-electron chi connectivity index (χ3n) is 41.6. The quantitative estimate of drug-likeness (QED) is 0.227. The van der Waals surface area contributed by atoms with Gasteiger partial charge in [-0.05, 0) is 456 Å². The zero-order valence-corrected chi connectivity index (χ0v) is 94.3. The fourth-order valence-corrected chi connectivity index (χ4v) is 35.8. The molecule has 0 aromatic carbocycles. The van der Waals surface area contributed by atoms with Crippen molar-refractivity contribution < 1.29 is 0 Å². The molecule has 124 heavy (non-hydrogen) atoms. The van der Waals surface area contributed by atoms with Gasteiger partial charge in [-0.1, -0.05) is 332 Å². The van der Waals surface area contributed by atoms with Crippen LogP contribution in [0.1, 0.15) is 512 Å². The molecule has 20 aliphatic carbocycles. The van der Waals surface area contributed by atoms with Crippen LogP contribution in [-0.2, 0) is 0 Å². The first kappa shape index (κ1) is 108. The summed E-state index contributed by atoms with van der Waals surface area (Å²) in [6.07, 6.45) is 42.3. The molecule has 0 spiro atoms. The molecule has 0 N–H and O–H groups in total. The molecule has 0 heteroatoms. The van der Waals surface area contributed by atoms with E-state index in [1.54, 1.807) is 0 Å². The SMILES string of the molecule is CC(C)(C)C1CC2CC(C1)C2C(C)(C)C.CC(C)(C)C1CC2CC(C1)C2C(C)(C)C.CC(C)(C)C1CC2CC1CC2C(C)(C)C.CC(C)(C)C1CC2CC1CC2C(C)(C)C.CC(C)(C)C1CC2CCC(C1)C2C(C)(C)C.CC(C)(C)C1CC2CCC(C1)C2C(C)(C)C.CC(C)(C)C1CC2CCC1CC2C(C)(C)C.CC(C)(C)C1CC2CCC1CC2C(C)(C)C. The molecule has 0 aromatic heterocycles. The molecule has 16 bridgehead atoms. The summed E-state index contributed by atoms with van der Waals surface area (Å²) in [6.45, 7) is 117. The minimum absolute atomic E-state index is 0.531. The molecule has 0 aromatic rings. The van der Waals surface area contributed by atoms with Gasteiger partial charge in [0.15, 0.2) is 0 Å². The number of rotatable bonds is 0. The van der Waals surface area contributed by atoms with Crippen molar-refractivity contribution in [3.8, 4) is 0 Å². The second-order valence-electron chi connectivity index (χ2n) is 66.8. The Labute approximate surface area is 783 Å². The molecule has 20 rings (SSSR count). The van der Waals surface area contributed by atoms with Crippen molar-refractivity contribution in [3.63, 3.8) is 0 Å². The summed E-state index contributed by atoms with van der Waals surface area (Å²) in [7, 11) is 0. The number of hydrogen-bond acceptors (Lipinski definition) is 0. The van der Waals surface area contributed by atoms with Gasteiger partial charge >= 0.3 is 0 Å². The summed E-state index contributed by atoms with van der Waals surface area (Å²) in [5, 5.41) is 0. The van der Waals surface area contributed by atoms with Crippen LogP contribution in [0, 0.1) is 276 Å². The first-order valence-electron chi connectivity index (χ1n) is 55.5. The second-order valence-corrected chi connectivity index (χ2v) is 66.8. The molecule has 24 unspecified atom stereocenters. The lowest BCUT2D eigenvalue weighted by atomic mass is 9.46. The largest absolute Gasteiger partial charge is 0.0599 e. The molecule has 0 aliphatic heterocycles. The Hall–Kier alpha value is 0. The fourth-order valence-electron chi connectivity index (χ4n) is 35.8. The van der Waals surface area contributed by atoms with Crippen molar-refractivity contribution in [2.24, 2.45) is 276 Å². The Kier molecular flexibility index (Phi) is 32.8. The standard InChI is InChI=1S/4C16H30.4C15H28/c2*1-15(2,3)13-9-12-8-7-11(13)10-14(12)16(4,5)6;2*1-15(2,3)13-9-11-7-8-12(10-13)14(11)16(4,5)6;2*1-14(2,3)12-8-11-7-10(12)9-13(11)15(4,5)6;2*1-14(2,3)12-8-10-7-11(9-12)13(10)15(4,5)6/h4*11-14H,7-10H2,1-6H3;4*10-13H,7-9H2,1-6H3. The van der Waals surface area contributed by atoms with E-state index in [0.29, 0.717) is 86.6 Å². The van der Waals surface area contributed by atoms with Gasteiger partial charge < -0.3 is 0 Å². The first-order valence-corrected chi connectivity index (χ1v) is 55.5. The van der Waals surface area contributed by atoms with E-state index in [-0.39, 0.29) is 0 Å². The molecule has 24 atom stereocenters. The van der Waals surface area contributed by atoms with Crippen LogP contribution >= 0.6 is 0 Å². The highest BCUT2D eigenvalue weighted by Gasteiger charge is 2.59. The van der Waals surface area contributed by atoms with Crippen molar-refractivity contribution in [3.05, 3.63) is 0 Å². The van der Waals surface area contributed by atoms with Crippen LogP contribution in [0.3, 0.4) is 0 Å². The Bertz CT molecular complexity index is 2840. The van der Waals surface area contributed by atoms with Gasteiger partial charge in [-0.25, -0.2) is 0 Å². The smallest absolute Gasteiger partial charge is 0.0308 e. The minimum atomic E-state index is 0.531. The summed E-state index contributed by atoms with van der Waals surface area (Å²) >= 11 is 0. The summed E-state index contributed by atoms with van der Waals surface area (Å²) in [6, 6.07) is 0. The van der Waals surface area contributed by atoms with Crippen LogP contribution in [-0.4, -0.2) is 0 Å². The van der Waals surface area contributed by atoms with E-state index >= 15 is 0 Å². The maximum absolute atomic E-state index is 2.46. The summed E-state index contributed by atoms with van der Waals surface area (Å²) < 4.78 is 0. The van der Waals surface area contributed by atoms with Crippen LogP contribution in [0.5, 0.6) is 0 Å². The molecular formula is C124H232. The van der Waals surface area contributed by atoms with E-state index in [0.717, 1.165) is 189 Å². The third-order valence-corrected chi connectivity index (χ3v) is 41.6. The van der Waals surface area contributed by atoms with E-state index in [1.807, 2.05) is 0 Å². The molecule has 0 amide bonds. The Morgan fingerprint density at radius 2 is 0.210 bits per heavy atom. The lowest BCUT2D eigenvalue weighted by Crippen LogP contribution is -2.51. The van der Waals surface area contributed by atoms with Gasteiger partial charge in [0.1, 0.15) is 0 Å². The highest BCUT2D eigenvalue weighted by Crippen LogP contribution is 2.68. The highest BCUT2D eigenvalue weighted by atomic mass is 14.6. The van der Waals surface area contributed by atoms with Crippen molar-refractivity contribution in [2.75, 3.05) is 0 Å². The maximum Gasteiger partial charge on any atom is -0.0308 e. The van der Waals surface area contributed by atoms with Crippen molar-refractivity contribution in [1.29, 1.82) is 0 Å². The van der Waals surface area contributed by atoms with E-state index in [4.69, 9.17) is 0 Å². The fraction of sp³-hybridized carbons (Fsp3) is 1.00. The van der Waals surface area contributed by atoms with Gasteiger partial charge in [-0.2, -0.15) is 0 Å². The van der Waals surface area contributed by atoms with Gasteiger partial charge in [-0.15, -0.1) is 0 Å². The van der Waals surface area contributed by atoms with Crippen LogP contribution in [0.2, 0.25) is 0 Å². The summed E-state index contributed by atoms with van der Waals surface area (Å²) in [4.78, 5) is 0. The van der Waals surface area contributed by atoms with Gasteiger partial charge in [0.05, 0.1) is 0 Å². The van der Waals surface area contributed by atoms with Crippen molar-refractivity contribution in [2.45, 2.75) is 512 Å². The summed E-state index contributed by atoms with van der Waals surface area (Å²) in [5.41, 5.74) is 8.63. The molecule has 728 valence electrons. The lowest BCUT2D eigenvalue weighted by Gasteiger charge is -2.59. The third kappa shape index (κ3) is 26.4. The van der Waals surface area contributed by atoms with E-state index < -0.39 is 0 Å². The second kappa shape index (κ2) is 37.8. The van der Waals surface area contributed by atoms with E-state index in [9.17, 15) is 0 Å². The van der Waals surface area contributed by atoms with Crippen molar-refractivity contribution in [1.82, 2.24) is 0 Å². The Morgan fingerprint density at radius 3 is 0.331 bits per heavy atom.